The third-order valence-electron chi connectivity index (χ3n) is 2.46. The van der Waals surface area contributed by atoms with Crippen molar-refractivity contribution < 1.29 is 12.8 Å². The van der Waals surface area contributed by atoms with Crippen molar-refractivity contribution in [2.24, 2.45) is 0 Å². The number of nitrogens with two attached hydrogens (primary N) is 1. The number of anilines is 2. The largest absolute Gasteiger partial charge is 0.398 e. The zero-order chi connectivity index (χ0) is 14.9. The molecule has 2 rings (SSSR count). The van der Waals surface area contributed by atoms with Crippen molar-refractivity contribution in [2.75, 3.05) is 10.5 Å². The molecule has 0 heterocycles. The Labute approximate surface area is 137 Å². The van der Waals surface area contributed by atoms with E-state index in [1.807, 2.05) is 22.6 Å². The monoisotopic (exact) mass is 470 g/mol. The van der Waals surface area contributed by atoms with Crippen LogP contribution in [0.4, 0.5) is 15.8 Å². The highest BCUT2D eigenvalue weighted by atomic mass is 127. The minimum atomic E-state index is -3.88. The van der Waals surface area contributed by atoms with Crippen molar-refractivity contribution in [1.29, 1.82) is 0 Å². The first kappa shape index (κ1) is 15.5. The summed E-state index contributed by atoms with van der Waals surface area (Å²) < 4.78 is 41.1. The van der Waals surface area contributed by atoms with Crippen LogP contribution in [0.2, 0.25) is 0 Å². The van der Waals surface area contributed by atoms with Crippen LogP contribution in [-0.2, 0) is 10.0 Å². The molecule has 0 unspecified atom stereocenters. The topological polar surface area (TPSA) is 72.2 Å². The summed E-state index contributed by atoms with van der Waals surface area (Å²) in [7, 11) is -3.88. The summed E-state index contributed by atoms with van der Waals surface area (Å²) in [6.07, 6.45) is 0. The van der Waals surface area contributed by atoms with Gasteiger partial charge in [0.05, 0.1) is 15.8 Å². The van der Waals surface area contributed by atoms with Crippen LogP contribution in [0.5, 0.6) is 0 Å². The van der Waals surface area contributed by atoms with Crippen LogP contribution in [0.3, 0.4) is 0 Å². The van der Waals surface area contributed by atoms with E-state index in [0.29, 0.717) is 5.69 Å². The van der Waals surface area contributed by atoms with Crippen LogP contribution in [0.15, 0.2) is 45.8 Å². The molecule has 0 aliphatic rings. The lowest BCUT2D eigenvalue weighted by molar-refractivity contribution is 0.599. The zero-order valence-electron chi connectivity index (χ0n) is 9.90. The van der Waals surface area contributed by atoms with Gasteiger partial charge in [-0.3, -0.25) is 4.72 Å². The molecule has 8 heteroatoms. The average molecular weight is 471 g/mol. The third-order valence-corrected chi connectivity index (χ3v) is 5.43. The van der Waals surface area contributed by atoms with E-state index >= 15 is 0 Å². The van der Waals surface area contributed by atoms with E-state index in [9.17, 15) is 12.8 Å². The highest BCUT2D eigenvalue weighted by Gasteiger charge is 2.20. The molecule has 0 saturated heterocycles. The van der Waals surface area contributed by atoms with Gasteiger partial charge in [0.15, 0.2) is 0 Å². The molecule has 0 aliphatic carbocycles. The second-order valence-corrected chi connectivity index (χ2v) is 7.56. The van der Waals surface area contributed by atoms with Crippen LogP contribution in [0.25, 0.3) is 0 Å². The van der Waals surface area contributed by atoms with Crippen molar-refractivity contribution in [3.63, 3.8) is 0 Å². The normalized spacial score (nSPS) is 11.3. The van der Waals surface area contributed by atoms with Gasteiger partial charge in [-0.2, -0.15) is 0 Å². The lowest BCUT2D eigenvalue weighted by Gasteiger charge is -2.12. The molecule has 106 valence electrons. The van der Waals surface area contributed by atoms with Gasteiger partial charge >= 0.3 is 0 Å². The zero-order valence-corrected chi connectivity index (χ0v) is 14.5. The molecule has 2 aromatic carbocycles. The highest BCUT2D eigenvalue weighted by Crippen LogP contribution is 2.28. The van der Waals surface area contributed by atoms with Crippen LogP contribution in [-0.4, -0.2) is 8.42 Å². The SMILES string of the molecule is Nc1cc(F)c(Br)cc1S(=O)(=O)Nc1ccccc1I. The van der Waals surface area contributed by atoms with Gasteiger partial charge in [-0.15, -0.1) is 0 Å². The molecule has 0 aliphatic heterocycles. The lowest BCUT2D eigenvalue weighted by Crippen LogP contribution is -2.15. The van der Waals surface area contributed by atoms with Gasteiger partial charge < -0.3 is 5.73 Å². The predicted octanol–water partition coefficient (Wildman–Crippen LogP) is 3.58. The average Bonchev–Trinajstić information content (AvgIpc) is 2.36. The molecule has 20 heavy (non-hydrogen) atoms. The maximum atomic E-state index is 13.3. The molecular weight excluding hydrogens is 462 g/mol. The number of benzene rings is 2. The fourth-order valence-electron chi connectivity index (χ4n) is 1.52. The second kappa shape index (κ2) is 5.86. The first-order valence-corrected chi connectivity index (χ1v) is 8.68. The molecule has 0 atom stereocenters. The summed E-state index contributed by atoms with van der Waals surface area (Å²) in [5, 5.41) is 0. The number of hydrogen-bond donors (Lipinski definition) is 2. The van der Waals surface area contributed by atoms with Gasteiger partial charge in [0.2, 0.25) is 0 Å². The summed E-state index contributed by atoms with van der Waals surface area (Å²) in [5.74, 6) is -0.615. The predicted molar refractivity (Wildman–Crippen MR) is 88.5 cm³/mol. The van der Waals surface area contributed by atoms with E-state index < -0.39 is 15.8 Å². The molecule has 0 fully saturated rings. The molecule has 2 aromatic rings. The highest BCUT2D eigenvalue weighted by molar-refractivity contribution is 14.1. The third kappa shape index (κ3) is 3.23. The molecule has 0 spiro atoms. The van der Waals surface area contributed by atoms with Crippen molar-refractivity contribution >= 4 is 59.9 Å². The van der Waals surface area contributed by atoms with Crippen LogP contribution in [0, 0.1) is 9.39 Å². The molecule has 4 nitrogen and oxygen atoms in total. The maximum Gasteiger partial charge on any atom is 0.264 e. The molecule has 0 aromatic heterocycles. The number of para-hydroxylation sites is 1. The smallest absolute Gasteiger partial charge is 0.264 e. The van der Waals surface area contributed by atoms with Crippen LogP contribution < -0.4 is 10.5 Å². The van der Waals surface area contributed by atoms with E-state index in [1.165, 1.54) is 0 Å². The number of hydrogen-bond acceptors (Lipinski definition) is 3. The number of nitrogen functional groups attached to an aromatic ring is 1. The molecule has 3 N–H and O–H groups in total. The summed E-state index contributed by atoms with van der Waals surface area (Å²) in [6.45, 7) is 0. The van der Waals surface area contributed by atoms with E-state index in [4.69, 9.17) is 5.73 Å². The van der Waals surface area contributed by atoms with Crippen molar-refractivity contribution in [1.82, 2.24) is 0 Å². The van der Waals surface area contributed by atoms with Gasteiger partial charge in [0, 0.05) is 3.57 Å². The Kier molecular flexibility index (Phi) is 4.55. The van der Waals surface area contributed by atoms with Gasteiger partial charge in [0.1, 0.15) is 10.7 Å². The summed E-state index contributed by atoms with van der Waals surface area (Å²) in [5.41, 5.74) is 5.88. The van der Waals surface area contributed by atoms with Gasteiger partial charge in [-0.25, -0.2) is 12.8 Å². The summed E-state index contributed by atoms with van der Waals surface area (Å²) >= 11 is 4.96. The minimum absolute atomic E-state index is 0.0369. The van der Waals surface area contributed by atoms with E-state index in [2.05, 4.69) is 20.7 Å². The maximum absolute atomic E-state index is 13.3. The Morgan fingerprint density at radius 2 is 1.90 bits per heavy atom. The summed E-state index contributed by atoms with van der Waals surface area (Å²) in [6, 6.07) is 9.01. The van der Waals surface area contributed by atoms with Crippen molar-refractivity contribution in [2.45, 2.75) is 4.90 Å². The molecule has 0 amide bonds. The van der Waals surface area contributed by atoms with Gasteiger partial charge in [-0.05, 0) is 62.8 Å². The first-order chi connectivity index (χ1) is 9.31. The standard InChI is InChI=1S/C12H9BrFIN2O2S/c13-7-5-12(10(16)6-8(7)14)20(18,19)17-11-4-2-1-3-9(11)15/h1-6,17H,16H2. The van der Waals surface area contributed by atoms with Crippen LogP contribution in [0.1, 0.15) is 0 Å². The second-order valence-electron chi connectivity index (χ2n) is 3.89. The number of sulfonamides is 1. The molecule has 0 bridgehead atoms. The lowest BCUT2D eigenvalue weighted by atomic mass is 10.3. The Morgan fingerprint density at radius 3 is 2.55 bits per heavy atom. The fourth-order valence-corrected chi connectivity index (χ4v) is 3.94. The van der Waals surface area contributed by atoms with Gasteiger partial charge in [0.25, 0.3) is 10.0 Å². The van der Waals surface area contributed by atoms with Crippen molar-refractivity contribution in [3.8, 4) is 0 Å². The quantitative estimate of drug-likeness (QED) is 0.532. The Balaban J connectivity index is 2.47. The minimum Gasteiger partial charge on any atom is -0.398 e. The number of nitrogens with one attached hydrogen (secondary N) is 1. The number of halogens is 3. The Bertz CT molecular complexity index is 768. The Hall–Kier alpha value is -0.870. The molecular formula is C12H9BrFIN2O2S. The molecule has 0 saturated carbocycles. The van der Waals surface area contributed by atoms with Crippen molar-refractivity contribution in [3.05, 3.63) is 50.3 Å². The van der Waals surface area contributed by atoms with E-state index in [1.54, 1.807) is 24.3 Å². The first-order valence-electron chi connectivity index (χ1n) is 5.33. The van der Waals surface area contributed by atoms with E-state index in [-0.39, 0.29) is 15.1 Å². The fraction of sp³-hybridized carbons (Fsp3) is 0. The number of rotatable bonds is 3. The van der Waals surface area contributed by atoms with Gasteiger partial charge in [-0.1, -0.05) is 12.1 Å². The Morgan fingerprint density at radius 1 is 1.25 bits per heavy atom. The summed E-state index contributed by atoms with van der Waals surface area (Å²) in [4.78, 5) is -0.176. The van der Waals surface area contributed by atoms with Crippen LogP contribution >= 0.6 is 38.5 Å². The van der Waals surface area contributed by atoms with E-state index in [0.717, 1.165) is 15.7 Å². The molecule has 0 radical (unpaired) electrons.